The molecule has 0 unspecified atom stereocenters. The van der Waals surface area contributed by atoms with Gasteiger partial charge in [0.15, 0.2) is 0 Å². The van der Waals surface area contributed by atoms with Gasteiger partial charge in [0.25, 0.3) is 10.1 Å². The molecule has 62 valence electrons. The average Bonchev–Trinajstić information content (AvgIpc) is 1.86. The first-order valence-corrected chi connectivity index (χ1v) is 4.18. The standard InChI is InChI=1S/C6H5FO3S.Li.H/c7-5-3-1-2-4-6(5)11(8,9)10;;/h1-4H,(H,8,9,10);;/q;+1;-1. The van der Waals surface area contributed by atoms with Crippen molar-refractivity contribution in [3.8, 4) is 0 Å². The molecular formula is C6H6FLiO3S. The maximum Gasteiger partial charge on any atom is 1.00 e. The first kappa shape index (κ1) is 11.7. The van der Waals surface area contributed by atoms with Crippen molar-refractivity contribution in [2.75, 3.05) is 0 Å². The van der Waals surface area contributed by atoms with E-state index in [1.54, 1.807) is 0 Å². The van der Waals surface area contributed by atoms with Crippen LogP contribution in [-0.4, -0.2) is 13.0 Å². The van der Waals surface area contributed by atoms with Gasteiger partial charge in [0, 0.05) is 0 Å². The molecule has 0 saturated carbocycles. The van der Waals surface area contributed by atoms with Crippen LogP contribution in [0.4, 0.5) is 4.39 Å². The Hall–Kier alpha value is -0.343. The van der Waals surface area contributed by atoms with Gasteiger partial charge in [-0.2, -0.15) is 8.42 Å². The van der Waals surface area contributed by atoms with E-state index < -0.39 is 20.8 Å². The van der Waals surface area contributed by atoms with Crippen molar-refractivity contribution < 1.29 is 37.6 Å². The van der Waals surface area contributed by atoms with Crippen molar-refractivity contribution in [3.05, 3.63) is 30.1 Å². The van der Waals surface area contributed by atoms with Crippen molar-refractivity contribution in [2.24, 2.45) is 0 Å². The number of benzene rings is 1. The number of rotatable bonds is 1. The molecule has 1 rings (SSSR count). The zero-order valence-electron chi connectivity index (χ0n) is 7.36. The van der Waals surface area contributed by atoms with Gasteiger partial charge in [-0.1, -0.05) is 12.1 Å². The van der Waals surface area contributed by atoms with Gasteiger partial charge in [0.2, 0.25) is 0 Å². The van der Waals surface area contributed by atoms with Crippen LogP contribution in [0.25, 0.3) is 0 Å². The van der Waals surface area contributed by atoms with E-state index in [2.05, 4.69) is 0 Å². The summed E-state index contributed by atoms with van der Waals surface area (Å²) in [4.78, 5) is -0.694. The smallest absolute Gasteiger partial charge is 1.00 e. The molecule has 0 aliphatic heterocycles. The summed E-state index contributed by atoms with van der Waals surface area (Å²) in [6.45, 7) is 0. The molecule has 0 aliphatic carbocycles. The molecule has 0 heterocycles. The SMILES string of the molecule is O=S(=O)(O)c1ccccc1F.[H-].[Li+]. The van der Waals surface area contributed by atoms with Gasteiger partial charge in [0.05, 0.1) is 0 Å². The van der Waals surface area contributed by atoms with E-state index in [1.807, 2.05) is 0 Å². The summed E-state index contributed by atoms with van der Waals surface area (Å²) in [5, 5.41) is 0. The van der Waals surface area contributed by atoms with Crippen LogP contribution in [-0.2, 0) is 10.1 Å². The molecule has 1 aromatic carbocycles. The summed E-state index contributed by atoms with van der Waals surface area (Å²) < 4.78 is 41.7. The second-order valence-electron chi connectivity index (χ2n) is 1.91. The molecule has 1 N–H and O–H groups in total. The van der Waals surface area contributed by atoms with E-state index in [9.17, 15) is 12.8 Å². The molecule has 1 aromatic rings. The Morgan fingerprint density at radius 1 is 1.33 bits per heavy atom. The Bertz CT molecular complexity index is 368. The summed E-state index contributed by atoms with van der Waals surface area (Å²) in [7, 11) is -4.41. The molecule has 0 amide bonds. The van der Waals surface area contributed by atoms with Gasteiger partial charge in [-0.25, -0.2) is 4.39 Å². The molecule has 6 heteroatoms. The summed E-state index contributed by atoms with van der Waals surface area (Å²) in [5.74, 6) is -0.949. The third kappa shape index (κ3) is 2.61. The first-order valence-electron chi connectivity index (χ1n) is 2.74. The number of halogens is 1. The molecule has 0 bridgehead atoms. The van der Waals surface area contributed by atoms with Crippen LogP contribution in [0.3, 0.4) is 0 Å². The van der Waals surface area contributed by atoms with Gasteiger partial charge < -0.3 is 1.43 Å². The maximum absolute atomic E-state index is 12.5. The van der Waals surface area contributed by atoms with E-state index in [0.29, 0.717) is 0 Å². The van der Waals surface area contributed by atoms with Crippen molar-refractivity contribution in [1.82, 2.24) is 0 Å². The Morgan fingerprint density at radius 2 is 1.83 bits per heavy atom. The Morgan fingerprint density at radius 3 is 2.17 bits per heavy atom. The predicted molar refractivity (Wildman–Crippen MR) is 37.3 cm³/mol. The molecule has 3 nitrogen and oxygen atoms in total. The second-order valence-corrected chi connectivity index (χ2v) is 3.30. The summed E-state index contributed by atoms with van der Waals surface area (Å²) in [6, 6.07) is 4.62. The zero-order valence-corrected chi connectivity index (χ0v) is 7.18. The Balaban J connectivity index is 0. The van der Waals surface area contributed by atoms with Crippen LogP contribution in [0.2, 0.25) is 0 Å². The van der Waals surface area contributed by atoms with Gasteiger partial charge in [0.1, 0.15) is 10.7 Å². The van der Waals surface area contributed by atoms with E-state index in [0.717, 1.165) is 12.1 Å². The average molecular weight is 184 g/mol. The van der Waals surface area contributed by atoms with Crippen LogP contribution >= 0.6 is 0 Å². The van der Waals surface area contributed by atoms with Crippen molar-refractivity contribution in [1.29, 1.82) is 0 Å². The van der Waals surface area contributed by atoms with Gasteiger partial charge in [-0.05, 0) is 12.1 Å². The minimum Gasteiger partial charge on any atom is -1.00 e. The molecular weight excluding hydrogens is 178 g/mol. The zero-order chi connectivity index (χ0) is 8.48. The van der Waals surface area contributed by atoms with Gasteiger partial charge in [-0.15, -0.1) is 0 Å². The molecule has 0 aromatic heterocycles. The van der Waals surface area contributed by atoms with Crippen LogP contribution in [0.15, 0.2) is 29.2 Å². The topological polar surface area (TPSA) is 54.4 Å². The van der Waals surface area contributed by atoms with Crippen LogP contribution in [0, 0.1) is 5.82 Å². The Labute approximate surface area is 83.0 Å². The fourth-order valence-corrected chi connectivity index (χ4v) is 1.22. The van der Waals surface area contributed by atoms with Crippen molar-refractivity contribution >= 4 is 10.1 Å². The second kappa shape index (κ2) is 4.05. The van der Waals surface area contributed by atoms with Gasteiger partial charge >= 0.3 is 18.9 Å². The molecule has 0 aliphatic rings. The van der Waals surface area contributed by atoms with Crippen molar-refractivity contribution in [3.63, 3.8) is 0 Å². The molecule has 0 spiro atoms. The molecule has 0 fully saturated rings. The van der Waals surface area contributed by atoms with Crippen LogP contribution in [0.5, 0.6) is 0 Å². The van der Waals surface area contributed by atoms with E-state index in [1.165, 1.54) is 12.1 Å². The molecule has 0 saturated heterocycles. The van der Waals surface area contributed by atoms with E-state index in [-0.39, 0.29) is 20.3 Å². The Kier molecular flexibility index (Phi) is 3.94. The summed E-state index contributed by atoms with van der Waals surface area (Å²) in [6.07, 6.45) is 0. The van der Waals surface area contributed by atoms with Crippen LogP contribution < -0.4 is 18.9 Å². The molecule has 0 radical (unpaired) electrons. The van der Waals surface area contributed by atoms with Crippen LogP contribution in [0.1, 0.15) is 1.43 Å². The fraction of sp³-hybridized carbons (Fsp3) is 0. The monoisotopic (exact) mass is 184 g/mol. The van der Waals surface area contributed by atoms with E-state index >= 15 is 0 Å². The third-order valence-electron chi connectivity index (χ3n) is 1.11. The predicted octanol–water partition coefficient (Wildman–Crippen LogP) is -1.81. The van der Waals surface area contributed by atoms with Gasteiger partial charge in [-0.3, -0.25) is 4.55 Å². The fourth-order valence-electron chi connectivity index (χ4n) is 0.654. The quantitative estimate of drug-likeness (QED) is 0.413. The molecule has 0 atom stereocenters. The summed E-state index contributed by atoms with van der Waals surface area (Å²) in [5.41, 5.74) is 0. The van der Waals surface area contributed by atoms with E-state index in [4.69, 9.17) is 4.55 Å². The largest absolute Gasteiger partial charge is 1.00 e. The number of hydrogen-bond donors (Lipinski definition) is 1. The third-order valence-corrected chi connectivity index (χ3v) is 2.00. The minimum absolute atomic E-state index is 0. The molecule has 12 heavy (non-hydrogen) atoms. The number of hydrogen-bond acceptors (Lipinski definition) is 2. The maximum atomic E-state index is 12.5. The summed E-state index contributed by atoms with van der Waals surface area (Å²) >= 11 is 0. The minimum atomic E-state index is -4.41. The normalized spacial score (nSPS) is 10.5. The first-order chi connectivity index (χ1) is 5.02. The van der Waals surface area contributed by atoms with Crippen molar-refractivity contribution in [2.45, 2.75) is 4.90 Å².